The van der Waals surface area contributed by atoms with E-state index in [2.05, 4.69) is 6.07 Å². The third kappa shape index (κ3) is 3.10. The van der Waals surface area contributed by atoms with Crippen LogP contribution >= 0.6 is 12.2 Å². The van der Waals surface area contributed by atoms with Crippen LogP contribution in [0.15, 0.2) is 54.2 Å². The highest BCUT2D eigenvalue weighted by atomic mass is 32.1. The third-order valence-electron chi connectivity index (χ3n) is 3.91. The van der Waals surface area contributed by atoms with Gasteiger partial charge >= 0.3 is 0 Å². The summed E-state index contributed by atoms with van der Waals surface area (Å²) in [5.41, 5.74) is 2.44. The number of carbonyl (C=O) groups is 1. The van der Waals surface area contributed by atoms with Crippen LogP contribution in [0.1, 0.15) is 11.1 Å². The SMILES string of the molecule is COc1ccc(N2C(=O)/C(=C\c3cccc(C#N)c3)N(C)C2=S)cc1. The summed E-state index contributed by atoms with van der Waals surface area (Å²) in [6.45, 7) is 0. The molecule has 2 aromatic rings. The maximum Gasteiger partial charge on any atom is 0.281 e. The highest BCUT2D eigenvalue weighted by Crippen LogP contribution is 2.29. The van der Waals surface area contributed by atoms with Crippen molar-refractivity contribution >= 4 is 35.0 Å². The molecule has 1 aliphatic rings. The Labute approximate surface area is 151 Å². The van der Waals surface area contributed by atoms with Crippen molar-refractivity contribution in [2.45, 2.75) is 0 Å². The molecule has 0 radical (unpaired) electrons. The number of ether oxygens (including phenoxy) is 1. The number of hydrogen-bond acceptors (Lipinski definition) is 4. The second-order valence-electron chi connectivity index (χ2n) is 5.45. The standard InChI is InChI=1S/C19H15N3O2S/c1-21-17(11-13-4-3-5-14(10-13)12-20)18(23)22(19(21)25)15-6-8-16(24-2)9-7-15/h3-11H,1-2H3/b17-11+. The minimum Gasteiger partial charge on any atom is -0.497 e. The van der Waals surface area contributed by atoms with Crippen LogP contribution in [0, 0.1) is 11.3 Å². The number of thiocarbonyl (C=S) groups is 1. The Morgan fingerprint density at radius 2 is 1.92 bits per heavy atom. The summed E-state index contributed by atoms with van der Waals surface area (Å²) in [5.74, 6) is 0.499. The molecule has 1 aliphatic heterocycles. The normalized spacial score (nSPS) is 15.6. The lowest BCUT2D eigenvalue weighted by molar-refractivity contribution is -0.114. The molecule has 1 saturated heterocycles. The predicted molar refractivity (Wildman–Crippen MR) is 100.0 cm³/mol. The van der Waals surface area contributed by atoms with Crippen molar-refractivity contribution in [3.8, 4) is 11.8 Å². The van der Waals surface area contributed by atoms with Gasteiger partial charge < -0.3 is 9.64 Å². The molecule has 0 saturated carbocycles. The van der Waals surface area contributed by atoms with Crippen LogP contribution < -0.4 is 9.64 Å². The quantitative estimate of drug-likeness (QED) is 0.629. The maximum atomic E-state index is 12.9. The van der Waals surface area contributed by atoms with Crippen LogP contribution in [0.2, 0.25) is 0 Å². The Kier molecular flexibility index (Phi) is 4.50. The van der Waals surface area contributed by atoms with E-state index in [4.69, 9.17) is 22.2 Å². The lowest BCUT2D eigenvalue weighted by atomic mass is 10.1. The molecule has 2 aromatic carbocycles. The van der Waals surface area contributed by atoms with E-state index in [0.29, 0.717) is 27.8 Å². The summed E-state index contributed by atoms with van der Waals surface area (Å²) in [6.07, 6.45) is 1.74. The van der Waals surface area contributed by atoms with Gasteiger partial charge in [-0.2, -0.15) is 5.26 Å². The number of benzene rings is 2. The topological polar surface area (TPSA) is 56.6 Å². The number of nitrogens with zero attached hydrogens (tertiary/aromatic N) is 3. The zero-order chi connectivity index (χ0) is 18.0. The second-order valence-corrected chi connectivity index (χ2v) is 5.81. The summed E-state index contributed by atoms with van der Waals surface area (Å²) in [4.78, 5) is 16.0. The van der Waals surface area contributed by atoms with Gasteiger partial charge in [-0.25, -0.2) is 0 Å². The number of anilines is 1. The van der Waals surface area contributed by atoms with Gasteiger partial charge in [0.15, 0.2) is 5.11 Å². The maximum absolute atomic E-state index is 12.9. The van der Waals surface area contributed by atoms with Gasteiger partial charge in [-0.1, -0.05) is 12.1 Å². The first-order valence-electron chi connectivity index (χ1n) is 7.53. The molecule has 0 spiro atoms. The molecular weight excluding hydrogens is 334 g/mol. The summed E-state index contributed by atoms with van der Waals surface area (Å²) < 4.78 is 5.14. The average Bonchev–Trinajstić information content (AvgIpc) is 2.85. The van der Waals surface area contributed by atoms with Crippen LogP contribution in [0.5, 0.6) is 5.75 Å². The molecule has 6 heteroatoms. The highest BCUT2D eigenvalue weighted by molar-refractivity contribution is 7.80. The van der Waals surface area contributed by atoms with Gasteiger partial charge in [0.1, 0.15) is 11.4 Å². The van der Waals surface area contributed by atoms with Gasteiger partial charge in [-0.05, 0) is 60.3 Å². The number of rotatable bonds is 3. The molecule has 1 amide bonds. The number of carbonyl (C=O) groups excluding carboxylic acids is 1. The van der Waals surface area contributed by atoms with E-state index in [1.807, 2.05) is 6.07 Å². The summed E-state index contributed by atoms with van der Waals surface area (Å²) in [5, 5.41) is 9.42. The molecule has 5 nitrogen and oxygen atoms in total. The molecule has 0 unspecified atom stereocenters. The van der Waals surface area contributed by atoms with Gasteiger partial charge in [-0.3, -0.25) is 9.69 Å². The van der Waals surface area contributed by atoms with Crippen molar-refractivity contribution in [1.82, 2.24) is 4.90 Å². The number of likely N-dealkylation sites (N-methyl/N-ethyl adjacent to an activating group) is 1. The highest BCUT2D eigenvalue weighted by Gasteiger charge is 2.36. The molecule has 1 heterocycles. The number of nitriles is 1. The van der Waals surface area contributed by atoms with Gasteiger partial charge in [0.05, 0.1) is 24.4 Å². The van der Waals surface area contributed by atoms with Gasteiger partial charge in [-0.15, -0.1) is 0 Å². The zero-order valence-corrected chi connectivity index (χ0v) is 14.6. The number of hydrogen-bond donors (Lipinski definition) is 0. The Morgan fingerprint density at radius 3 is 2.56 bits per heavy atom. The van der Waals surface area contributed by atoms with E-state index in [9.17, 15) is 4.79 Å². The number of amides is 1. The largest absolute Gasteiger partial charge is 0.497 e. The van der Waals surface area contributed by atoms with Crippen molar-refractivity contribution < 1.29 is 9.53 Å². The molecule has 0 bridgehead atoms. The van der Waals surface area contributed by atoms with Crippen LogP contribution in [-0.2, 0) is 4.79 Å². The smallest absolute Gasteiger partial charge is 0.281 e. The average molecular weight is 349 g/mol. The number of methoxy groups -OCH3 is 1. The van der Waals surface area contributed by atoms with E-state index < -0.39 is 0 Å². The summed E-state index contributed by atoms with van der Waals surface area (Å²) >= 11 is 5.43. The fraction of sp³-hybridized carbons (Fsp3) is 0.105. The van der Waals surface area contributed by atoms with E-state index >= 15 is 0 Å². The molecule has 0 aromatic heterocycles. The Balaban J connectivity index is 1.97. The van der Waals surface area contributed by atoms with E-state index in [-0.39, 0.29) is 5.91 Å². The minimum absolute atomic E-state index is 0.208. The second kappa shape index (κ2) is 6.75. The van der Waals surface area contributed by atoms with E-state index in [0.717, 1.165) is 5.56 Å². The first-order valence-corrected chi connectivity index (χ1v) is 7.94. The Morgan fingerprint density at radius 1 is 1.20 bits per heavy atom. The van der Waals surface area contributed by atoms with Gasteiger partial charge in [0.25, 0.3) is 5.91 Å². The molecule has 1 fully saturated rings. The lowest BCUT2D eigenvalue weighted by Gasteiger charge is -2.16. The fourth-order valence-corrected chi connectivity index (χ4v) is 2.86. The van der Waals surface area contributed by atoms with Crippen molar-refractivity contribution in [2.75, 3.05) is 19.1 Å². The van der Waals surface area contributed by atoms with Crippen LogP contribution in [-0.4, -0.2) is 30.1 Å². The Hall–Kier alpha value is -3.17. The van der Waals surface area contributed by atoms with Crippen molar-refractivity contribution in [1.29, 1.82) is 5.26 Å². The van der Waals surface area contributed by atoms with Crippen molar-refractivity contribution in [2.24, 2.45) is 0 Å². The summed E-state index contributed by atoms with van der Waals surface area (Å²) in [6, 6.07) is 16.3. The van der Waals surface area contributed by atoms with Crippen LogP contribution in [0.3, 0.4) is 0 Å². The first-order chi connectivity index (χ1) is 12.0. The lowest BCUT2D eigenvalue weighted by Crippen LogP contribution is -2.31. The first kappa shape index (κ1) is 16.7. The van der Waals surface area contributed by atoms with Crippen LogP contribution in [0.25, 0.3) is 6.08 Å². The fourth-order valence-electron chi connectivity index (χ4n) is 2.57. The van der Waals surface area contributed by atoms with Crippen molar-refractivity contribution in [3.05, 3.63) is 65.4 Å². The predicted octanol–water partition coefficient (Wildman–Crippen LogP) is 3.17. The van der Waals surface area contributed by atoms with Crippen LogP contribution in [0.4, 0.5) is 5.69 Å². The van der Waals surface area contributed by atoms with Crippen molar-refractivity contribution in [3.63, 3.8) is 0 Å². The molecule has 124 valence electrons. The third-order valence-corrected chi connectivity index (χ3v) is 4.37. The van der Waals surface area contributed by atoms with E-state index in [1.165, 1.54) is 4.90 Å². The molecular formula is C19H15N3O2S. The zero-order valence-electron chi connectivity index (χ0n) is 13.8. The van der Waals surface area contributed by atoms with Gasteiger partial charge in [0.2, 0.25) is 0 Å². The monoisotopic (exact) mass is 349 g/mol. The molecule has 25 heavy (non-hydrogen) atoms. The molecule has 0 N–H and O–H groups in total. The Bertz CT molecular complexity index is 913. The van der Waals surface area contributed by atoms with E-state index in [1.54, 1.807) is 67.6 Å². The molecule has 3 rings (SSSR count). The summed E-state index contributed by atoms with van der Waals surface area (Å²) in [7, 11) is 3.34. The molecule has 0 aliphatic carbocycles. The molecule has 0 atom stereocenters. The van der Waals surface area contributed by atoms with Gasteiger partial charge in [0, 0.05) is 7.05 Å². The minimum atomic E-state index is -0.208.